The van der Waals surface area contributed by atoms with Gasteiger partial charge in [-0.15, -0.1) is 0 Å². The molecule has 3 aliphatic heterocycles. The Morgan fingerprint density at radius 3 is 2.52 bits per heavy atom. The van der Waals surface area contributed by atoms with E-state index >= 15 is 0 Å². The number of aromatic nitrogens is 1. The summed E-state index contributed by atoms with van der Waals surface area (Å²) in [5.41, 5.74) is 1.95. The number of oxazole rings is 1. The molecule has 2 aromatic carbocycles. The zero-order valence-corrected chi connectivity index (χ0v) is 21.7. The van der Waals surface area contributed by atoms with Gasteiger partial charge in [-0.1, -0.05) is 18.2 Å². The molecule has 206 valence electrons. The molecule has 0 bridgehead atoms. The molecule has 40 heavy (non-hydrogen) atoms. The molecule has 10 nitrogen and oxygen atoms in total. The lowest BCUT2D eigenvalue weighted by Gasteiger charge is -2.30. The molecule has 6 rings (SSSR count). The number of likely N-dealkylation sites (tertiary alicyclic amines) is 1. The third-order valence-electron chi connectivity index (χ3n) is 7.75. The first kappa shape index (κ1) is 25.9. The van der Waals surface area contributed by atoms with Crippen molar-refractivity contribution in [1.29, 1.82) is 0 Å². The summed E-state index contributed by atoms with van der Waals surface area (Å²) in [6, 6.07) is 10.5. The maximum absolute atomic E-state index is 13.3. The largest absolute Gasteiger partial charge is 0.444 e. The van der Waals surface area contributed by atoms with Crippen molar-refractivity contribution in [1.82, 2.24) is 20.1 Å². The number of anilines is 1. The summed E-state index contributed by atoms with van der Waals surface area (Å²) in [6.45, 7) is 2.80. The second-order valence-electron chi connectivity index (χ2n) is 10.4. The lowest BCUT2D eigenvalue weighted by molar-refractivity contribution is -0.136. The van der Waals surface area contributed by atoms with E-state index in [1.165, 1.54) is 12.1 Å². The van der Waals surface area contributed by atoms with E-state index in [0.717, 1.165) is 42.9 Å². The van der Waals surface area contributed by atoms with Crippen molar-refractivity contribution < 1.29 is 28.0 Å². The van der Waals surface area contributed by atoms with Gasteiger partial charge in [0, 0.05) is 24.6 Å². The second kappa shape index (κ2) is 10.6. The number of nitrogens with zero attached hydrogens (tertiary/aromatic N) is 3. The van der Waals surface area contributed by atoms with E-state index in [1.54, 1.807) is 24.4 Å². The summed E-state index contributed by atoms with van der Waals surface area (Å²) in [5.74, 6) is -0.943. The van der Waals surface area contributed by atoms with Crippen LogP contribution in [0.5, 0.6) is 0 Å². The first-order chi connectivity index (χ1) is 19.4. The first-order valence-electron chi connectivity index (χ1n) is 13.4. The number of piperidine rings is 2. The van der Waals surface area contributed by atoms with Gasteiger partial charge in [0.25, 0.3) is 11.8 Å². The molecule has 4 amide bonds. The number of fused-ring (bicyclic) bond motifs is 1. The minimum absolute atomic E-state index is 0.0655. The highest BCUT2D eigenvalue weighted by Gasteiger charge is 2.45. The molecule has 3 aromatic rings. The first-order valence-corrected chi connectivity index (χ1v) is 13.4. The van der Waals surface area contributed by atoms with Gasteiger partial charge >= 0.3 is 0 Å². The zero-order valence-electron chi connectivity index (χ0n) is 21.7. The Balaban J connectivity index is 1.07. The fraction of sp³-hybridized carbons (Fsp3) is 0.345. The zero-order chi connectivity index (χ0) is 27.8. The Morgan fingerprint density at radius 2 is 1.77 bits per heavy atom. The number of hydrogen-bond donors (Lipinski definition) is 2. The third kappa shape index (κ3) is 5.00. The van der Waals surface area contributed by atoms with Crippen molar-refractivity contribution >= 4 is 29.3 Å². The van der Waals surface area contributed by atoms with E-state index in [-0.39, 0.29) is 42.2 Å². The normalized spacial score (nSPS) is 20.1. The lowest BCUT2D eigenvalue weighted by Crippen LogP contribution is -2.54. The van der Waals surface area contributed by atoms with Crippen LogP contribution >= 0.6 is 0 Å². The van der Waals surface area contributed by atoms with Gasteiger partial charge in [-0.25, -0.2) is 9.37 Å². The van der Waals surface area contributed by atoms with Crippen LogP contribution in [0.2, 0.25) is 0 Å². The molecule has 0 spiro atoms. The van der Waals surface area contributed by atoms with E-state index in [9.17, 15) is 23.6 Å². The Bertz CT molecular complexity index is 1480. The topological polar surface area (TPSA) is 125 Å². The minimum atomic E-state index is -1.02. The molecule has 4 heterocycles. The monoisotopic (exact) mass is 545 g/mol. The molecule has 0 aliphatic carbocycles. The van der Waals surface area contributed by atoms with Crippen LogP contribution in [0.25, 0.3) is 0 Å². The van der Waals surface area contributed by atoms with Gasteiger partial charge in [0.05, 0.1) is 23.9 Å². The number of imide groups is 2. The van der Waals surface area contributed by atoms with Gasteiger partial charge in [-0.3, -0.25) is 34.3 Å². The van der Waals surface area contributed by atoms with Crippen LogP contribution in [0.15, 0.2) is 53.1 Å². The Kier molecular flexibility index (Phi) is 6.89. The minimum Gasteiger partial charge on any atom is -0.444 e. The average Bonchev–Trinajstić information content (AvgIpc) is 3.52. The van der Waals surface area contributed by atoms with E-state index in [0.29, 0.717) is 17.3 Å². The molecule has 0 radical (unpaired) electrons. The van der Waals surface area contributed by atoms with E-state index in [2.05, 4.69) is 20.5 Å². The third-order valence-corrected chi connectivity index (χ3v) is 7.75. The van der Waals surface area contributed by atoms with Crippen LogP contribution in [0.1, 0.15) is 69.5 Å². The summed E-state index contributed by atoms with van der Waals surface area (Å²) in [6.07, 6.45) is 3.63. The molecule has 2 saturated heterocycles. The molecular formula is C29H28FN5O5. The smallest absolute Gasteiger partial charge is 0.264 e. The van der Waals surface area contributed by atoms with E-state index in [4.69, 9.17) is 4.42 Å². The van der Waals surface area contributed by atoms with Crippen molar-refractivity contribution in [3.63, 3.8) is 0 Å². The molecule has 3 aliphatic rings. The lowest BCUT2D eigenvalue weighted by atomic mass is 9.96. The summed E-state index contributed by atoms with van der Waals surface area (Å²) in [5, 5.41) is 5.39. The number of hydrogen-bond acceptors (Lipinski definition) is 8. The van der Waals surface area contributed by atoms with Gasteiger partial charge < -0.3 is 9.73 Å². The van der Waals surface area contributed by atoms with E-state index in [1.807, 2.05) is 12.1 Å². The fourth-order valence-electron chi connectivity index (χ4n) is 5.62. The Labute approximate surface area is 229 Å². The highest BCUT2D eigenvalue weighted by Crippen LogP contribution is 2.33. The summed E-state index contributed by atoms with van der Waals surface area (Å²) in [4.78, 5) is 58.0. The molecule has 2 N–H and O–H groups in total. The summed E-state index contributed by atoms with van der Waals surface area (Å²) >= 11 is 0. The maximum atomic E-state index is 13.3. The average molecular weight is 546 g/mol. The molecule has 1 aromatic heterocycles. The number of amides is 4. The predicted octanol–water partition coefficient (Wildman–Crippen LogP) is 3.21. The number of benzene rings is 2. The quantitative estimate of drug-likeness (QED) is 0.434. The van der Waals surface area contributed by atoms with Crippen molar-refractivity contribution in [3.8, 4) is 0 Å². The highest BCUT2D eigenvalue weighted by atomic mass is 19.1. The Hall–Kier alpha value is -4.38. The molecule has 11 heteroatoms. The number of nitrogens with one attached hydrogen (secondary N) is 2. The van der Waals surface area contributed by atoms with Crippen LogP contribution in [0.4, 0.5) is 10.1 Å². The fourth-order valence-corrected chi connectivity index (χ4v) is 5.62. The number of carbonyl (C=O) groups is 4. The Morgan fingerprint density at radius 1 is 1.00 bits per heavy atom. The molecule has 1 unspecified atom stereocenters. The van der Waals surface area contributed by atoms with Gasteiger partial charge in [-0.05, 0) is 62.2 Å². The van der Waals surface area contributed by atoms with Gasteiger partial charge in [0.1, 0.15) is 17.6 Å². The number of carbonyl (C=O) groups excluding carboxylic acids is 4. The van der Waals surface area contributed by atoms with Crippen LogP contribution in [-0.4, -0.2) is 57.5 Å². The van der Waals surface area contributed by atoms with Crippen LogP contribution < -0.4 is 10.6 Å². The van der Waals surface area contributed by atoms with Crippen LogP contribution in [-0.2, 0) is 22.7 Å². The molecule has 2 fully saturated rings. The summed E-state index contributed by atoms with van der Waals surface area (Å²) < 4.78 is 19.2. The molecule has 0 saturated carbocycles. The highest BCUT2D eigenvalue weighted by molar-refractivity contribution is 6.25. The number of halogens is 1. The van der Waals surface area contributed by atoms with Gasteiger partial charge in [-0.2, -0.15) is 0 Å². The van der Waals surface area contributed by atoms with Crippen molar-refractivity contribution in [2.75, 3.05) is 18.4 Å². The molecular weight excluding hydrogens is 517 g/mol. The standard InChI is InChI=1S/C29H28FN5O5/c30-19-6-4-17(5-7-19)16-34-12-10-18(11-13-34)27-32-15-20(40-27)14-31-22-3-1-2-21-25(22)29(39)35(28(21)38)23-8-9-24(36)33-26(23)37/h1-7,15,18,23,31H,8-14,16H2,(H,33,36,37). The van der Waals surface area contributed by atoms with Crippen molar-refractivity contribution in [2.24, 2.45) is 0 Å². The SMILES string of the molecule is O=C1CCC(N2C(=O)c3cccc(NCc4cnc(C5CCN(Cc6ccc(F)cc6)CC5)o4)c3C2=O)C(=O)N1. The second-order valence-corrected chi connectivity index (χ2v) is 10.4. The van der Waals surface area contributed by atoms with Gasteiger partial charge in [0.15, 0.2) is 5.89 Å². The van der Waals surface area contributed by atoms with Crippen LogP contribution in [0, 0.1) is 5.82 Å². The van der Waals surface area contributed by atoms with Crippen LogP contribution in [0.3, 0.4) is 0 Å². The number of rotatable bonds is 7. The predicted molar refractivity (Wildman–Crippen MR) is 141 cm³/mol. The van der Waals surface area contributed by atoms with Crippen molar-refractivity contribution in [3.05, 3.63) is 82.8 Å². The van der Waals surface area contributed by atoms with E-state index < -0.39 is 29.7 Å². The summed E-state index contributed by atoms with van der Waals surface area (Å²) in [7, 11) is 0. The van der Waals surface area contributed by atoms with Gasteiger partial charge in [0.2, 0.25) is 11.8 Å². The van der Waals surface area contributed by atoms with Crippen molar-refractivity contribution in [2.45, 2.75) is 50.7 Å². The molecule has 1 atom stereocenters. The maximum Gasteiger partial charge on any atom is 0.264 e.